The molecule has 3 heterocycles. The SMILES string of the molecule is Cc1ccc(OCc2ccc(CN3CCOCC3)cc2C)c(-c2csc(N3CC[C@@H](C(=O)O)C3)n2)c1. The highest BCUT2D eigenvalue weighted by atomic mass is 32.1. The normalized spacial score (nSPS) is 18.5. The van der Waals surface area contributed by atoms with Gasteiger partial charge >= 0.3 is 5.97 Å². The minimum atomic E-state index is -0.729. The summed E-state index contributed by atoms with van der Waals surface area (Å²) in [7, 11) is 0. The zero-order valence-electron chi connectivity index (χ0n) is 20.9. The molecule has 5 rings (SSSR count). The van der Waals surface area contributed by atoms with Gasteiger partial charge in [-0.1, -0.05) is 29.8 Å². The van der Waals surface area contributed by atoms with Crippen LogP contribution in [0.2, 0.25) is 0 Å². The highest BCUT2D eigenvalue weighted by Gasteiger charge is 2.29. The lowest BCUT2D eigenvalue weighted by Gasteiger charge is -2.26. The molecule has 2 saturated heterocycles. The lowest BCUT2D eigenvalue weighted by atomic mass is 10.0. The number of morpholine rings is 1. The van der Waals surface area contributed by atoms with E-state index in [0.717, 1.165) is 67.1 Å². The summed E-state index contributed by atoms with van der Waals surface area (Å²) in [6, 6.07) is 12.8. The van der Waals surface area contributed by atoms with Gasteiger partial charge in [-0.2, -0.15) is 0 Å². The average Bonchev–Trinajstić information content (AvgIpc) is 3.55. The number of ether oxygens (including phenoxy) is 2. The fourth-order valence-electron chi connectivity index (χ4n) is 4.83. The van der Waals surface area contributed by atoms with Crippen LogP contribution in [-0.4, -0.2) is 60.4 Å². The first-order valence-electron chi connectivity index (χ1n) is 12.5. The van der Waals surface area contributed by atoms with Crippen molar-refractivity contribution in [3.05, 3.63) is 64.0 Å². The van der Waals surface area contributed by atoms with E-state index in [9.17, 15) is 9.90 Å². The Morgan fingerprint density at radius 2 is 2.00 bits per heavy atom. The summed E-state index contributed by atoms with van der Waals surface area (Å²) in [5.41, 5.74) is 6.69. The fourth-order valence-corrected chi connectivity index (χ4v) is 5.69. The topological polar surface area (TPSA) is 75.1 Å². The smallest absolute Gasteiger partial charge is 0.308 e. The summed E-state index contributed by atoms with van der Waals surface area (Å²) in [6.07, 6.45) is 0.660. The monoisotopic (exact) mass is 507 g/mol. The first kappa shape index (κ1) is 24.7. The Kier molecular flexibility index (Phi) is 7.55. The van der Waals surface area contributed by atoms with Gasteiger partial charge in [0, 0.05) is 43.7 Å². The fraction of sp³-hybridized carbons (Fsp3) is 0.429. The van der Waals surface area contributed by atoms with Crippen LogP contribution < -0.4 is 9.64 Å². The maximum absolute atomic E-state index is 11.3. The van der Waals surface area contributed by atoms with E-state index in [1.807, 2.05) is 11.4 Å². The van der Waals surface area contributed by atoms with E-state index in [4.69, 9.17) is 14.5 Å². The highest BCUT2D eigenvalue weighted by Crippen LogP contribution is 2.36. The number of hydrogen-bond donors (Lipinski definition) is 1. The second-order valence-electron chi connectivity index (χ2n) is 9.72. The van der Waals surface area contributed by atoms with Crippen molar-refractivity contribution in [3.63, 3.8) is 0 Å². The summed E-state index contributed by atoms with van der Waals surface area (Å²) in [5.74, 6) is -0.245. The molecule has 0 radical (unpaired) electrons. The molecular weight excluding hydrogens is 474 g/mol. The zero-order chi connectivity index (χ0) is 25.1. The van der Waals surface area contributed by atoms with Crippen LogP contribution in [0.25, 0.3) is 11.3 Å². The number of anilines is 1. The van der Waals surface area contributed by atoms with Gasteiger partial charge in [-0.3, -0.25) is 9.69 Å². The number of rotatable bonds is 8. The lowest BCUT2D eigenvalue weighted by Crippen LogP contribution is -2.35. The molecule has 0 saturated carbocycles. The van der Waals surface area contributed by atoms with Crippen LogP contribution in [-0.2, 0) is 22.7 Å². The molecule has 36 heavy (non-hydrogen) atoms. The molecule has 8 heteroatoms. The third-order valence-electron chi connectivity index (χ3n) is 7.01. The molecule has 0 bridgehead atoms. The van der Waals surface area contributed by atoms with Gasteiger partial charge in [0.15, 0.2) is 5.13 Å². The number of carboxylic acids is 1. The molecule has 190 valence electrons. The summed E-state index contributed by atoms with van der Waals surface area (Å²) >= 11 is 1.56. The molecular formula is C28H33N3O4S. The van der Waals surface area contributed by atoms with Crippen molar-refractivity contribution in [2.75, 3.05) is 44.3 Å². The molecule has 2 aliphatic rings. The van der Waals surface area contributed by atoms with Gasteiger partial charge in [0.25, 0.3) is 0 Å². The number of hydrogen-bond acceptors (Lipinski definition) is 7. The van der Waals surface area contributed by atoms with Crippen molar-refractivity contribution in [3.8, 4) is 17.0 Å². The first-order chi connectivity index (χ1) is 17.5. The Balaban J connectivity index is 1.28. The van der Waals surface area contributed by atoms with Gasteiger partial charge in [-0.05, 0) is 49.1 Å². The van der Waals surface area contributed by atoms with Crippen LogP contribution in [0.15, 0.2) is 41.8 Å². The predicted molar refractivity (Wildman–Crippen MR) is 142 cm³/mol. The van der Waals surface area contributed by atoms with Crippen molar-refractivity contribution < 1.29 is 19.4 Å². The average molecular weight is 508 g/mol. The van der Waals surface area contributed by atoms with Crippen molar-refractivity contribution in [1.82, 2.24) is 9.88 Å². The summed E-state index contributed by atoms with van der Waals surface area (Å²) < 4.78 is 11.8. The molecule has 1 atom stereocenters. The molecule has 3 aromatic rings. The molecule has 2 aliphatic heterocycles. The number of aryl methyl sites for hydroxylation is 2. The van der Waals surface area contributed by atoms with Gasteiger partial charge in [-0.25, -0.2) is 4.98 Å². The van der Waals surface area contributed by atoms with E-state index >= 15 is 0 Å². The van der Waals surface area contributed by atoms with Crippen LogP contribution in [0.1, 0.15) is 28.7 Å². The maximum atomic E-state index is 11.3. The standard InChI is InChI=1S/C28H33N3O4S/c1-19-3-6-26(24(13-19)25-18-36-28(29-25)31-8-7-22(16-31)27(32)33)35-17-23-5-4-21(14-20(23)2)15-30-9-11-34-12-10-30/h3-6,13-14,18,22H,7-12,15-17H2,1-2H3,(H,32,33)/t22-/m1/s1. The summed E-state index contributed by atoms with van der Waals surface area (Å²) in [5, 5.41) is 12.2. The third kappa shape index (κ3) is 5.72. The van der Waals surface area contributed by atoms with E-state index < -0.39 is 5.97 Å². The van der Waals surface area contributed by atoms with Crippen molar-refractivity contribution >= 4 is 22.4 Å². The van der Waals surface area contributed by atoms with E-state index in [0.29, 0.717) is 19.6 Å². The number of benzene rings is 2. The number of thiazole rings is 1. The Labute approximate surface area is 216 Å². The van der Waals surface area contributed by atoms with Crippen LogP contribution in [0, 0.1) is 19.8 Å². The molecule has 0 unspecified atom stereocenters. The van der Waals surface area contributed by atoms with Gasteiger partial charge in [0.2, 0.25) is 0 Å². The molecule has 2 fully saturated rings. The van der Waals surface area contributed by atoms with E-state index in [-0.39, 0.29) is 5.92 Å². The largest absolute Gasteiger partial charge is 0.488 e. The molecule has 0 amide bonds. The Morgan fingerprint density at radius 1 is 1.17 bits per heavy atom. The highest BCUT2D eigenvalue weighted by molar-refractivity contribution is 7.14. The van der Waals surface area contributed by atoms with E-state index in [2.05, 4.69) is 54.0 Å². The van der Waals surface area contributed by atoms with Crippen molar-refractivity contribution in [1.29, 1.82) is 0 Å². The maximum Gasteiger partial charge on any atom is 0.308 e. The predicted octanol–water partition coefficient (Wildman–Crippen LogP) is 4.75. The van der Waals surface area contributed by atoms with Crippen LogP contribution in [0.5, 0.6) is 5.75 Å². The molecule has 7 nitrogen and oxygen atoms in total. The van der Waals surface area contributed by atoms with Crippen molar-refractivity contribution in [2.45, 2.75) is 33.4 Å². The van der Waals surface area contributed by atoms with Gasteiger partial charge < -0.3 is 19.5 Å². The summed E-state index contributed by atoms with van der Waals surface area (Å²) in [6.45, 7) is 10.5. The van der Waals surface area contributed by atoms with E-state index in [1.165, 1.54) is 16.7 Å². The Hall–Kier alpha value is -2.94. The van der Waals surface area contributed by atoms with Gasteiger partial charge in [0.05, 0.1) is 24.8 Å². The zero-order valence-corrected chi connectivity index (χ0v) is 21.7. The molecule has 0 spiro atoms. The third-order valence-corrected chi connectivity index (χ3v) is 7.91. The van der Waals surface area contributed by atoms with Crippen LogP contribution >= 0.6 is 11.3 Å². The van der Waals surface area contributed by atoms with Crippen molar-refractivity contribution in [2.24, 2.45) is 5.92 Å². The number of aliphatic carboxylic acids is 1. The lowest BCUT2D eigenvalue weighted by molar-refractivity contribution is -0.140. The van der Waals surface area contributed by atoms with Gasteiger partial charge in [0.1, 0.15) is 12.4 Å². The quantitative estimate of drug-likeness (QED) is 0.472. The molecule has 1 aromatic heterocycles. The number of nitrogens with zero attached hydrogens (tertiary/aromatic N) is 3. The number of aromatic nitrogens is 1. The minimum absolute atomic E-state index is 0.321. The van der Waals surface area contributed by atoms with Crippen LogP contribution in [0.4, 0.5) is 5.13 Å². The van der Waals surface area contributed by atoms with Crippen LogP contribution in [0.3, 0.4) is 0 Å². The number of carbonyl (C=O) groups is 1. The Morgan fingerprint density at radius 3 is 2.75 bits per heavy atom. The summed E-state index contributed by atoms with van der Waals surface area (Å²) in [4.78, 5) is 20.7. The second-order valence-corrected chi connectivity index (χ2v) is 10.6. The number of carboxylic acid groups (broad SMARTS) is 1. The van der Waals surface area contributed by atoms with E-state index in [1.54, 1.807) is 11.3 Å². The molecule has 1 N–H and O–H groups in total. The molecule has 2 aromatic carbocycles. The second kappa shape index (κ2) is 11.0. The minimum Gasteiger partial charge on any atom is -0.488 e. The first-order valence-corrected chi connectivity index (χ1v) is 13.4. The molecule has 0 aliphatic carbocycles. The Bertz CT molecular complexity index is 1220. The van der Waals surface area contributed by atoms with Gasteiger partial charge in [-0.15, -0.1) is 11.3 Å².